The summed E-state index contributed by atoms with van der Waals surface area (Å²) < 4.78 is 5.48. The van der Waals surface area contributed by atoms with Crippen LogP contribution in [-0.2, 0) is 18.0 Å². The summed E-state index contributed by atoms with van der Waals surface area (Å²) in [6.45, 7) is 5.83. The van der Waals surface area contributed by atoms with Crippen LogP contribution in [0.2, 0.25) is 0 Å². The molecule has 110 valence electrons. The Kier molecular flexibility index (Phi) is 4.06. The van der Waals surface area contributed by atoms with Crippen LogP contribution in [0.3, 0.4) is 0 Å². The smallest absolute Gasteiger partial charge is 0.0725 e. The SMILES string of the molecule is CC(C)c1ccc(C(NN)c2ccc3c(c2)COC3)cc1. The summed E-state index contributed by atoms with van der Waals surface area (Å²) in [6.07, 6.45) is 0. The van der Waals surface area contributed by atoms with Crippen molar-refractivity contribution in [2.24, 2.45) is 5.84 Å². The van der Waals surface area contributed by atoms with E-state index in [1.807, 2.05) is 0 Å². The number of nitrogens with two attached hydrogens (primary N) is 1. The highest BCUT2D eigenvalue weighted by Crippen LogP contribution is 2.28. The molecule has 1 atom stereocenters. The first-order valence-corrected chi connectivity index (χ1v) is 7.44. The second kappa shape index (κ2) is 5.98. The van der Waals surface area contributed by atoms with E-state index in [0.717, 1.165) is 6.61 Å². The predicted octanol–water partition coefficient (Wildman–Crippen LogP) is 3.39. The molecular formula is C18H22N2O. The number of fused-ring (bicyclic) bond motifs is 1. The predicted molar refractivity (Wildman–Crippen MR) is 84.6 cm³/mol. The lowest BCUT2D eigenvalue weighted by atomic mass is 9.94. The molecule has 0 bridgehead atoms. The summed E-state index contributed by atoms with van der Waals surface area (Å²) in [5.74, 6) is 6.34. The van der Waals surface area contributed by atoms with E-state index in [-0.39, 0.29) is 6.04 Å². The van der Waals surface area contributed by atoms with Crippen LogP contribution in [0.4, 0.5) is 0 Å². The first-order chi connectivity index (χ1) is 10.2. The van der Waals surface area contributed by atoms with Gasteiger partial charge in [0.2, 0.25) is 0 Å². The molecule has 2 aromatic rings. The van der Waals surface area contributed by atoms with Crippen LogP contribution in [0, 0.1) is 0 Å². The van der Waals surface area contributed by atoms with Crippen molar-refractivity contribution in [2.75, 3.05) is 0 Å². The zero-order valence-corrected chi connectivity index (χ0v) is 12.6. The van der Waals surface area contributed by atoms with E-state index in [9.17, 15) is 0 Å². The molecule has 1 heterocycles. The van der Waals surface area contributed by atoms with Gasteiger partial charge < -0.3 is 4.74 Å². The van der Waals surface area contributed by atoms with Crippen molar-refractivity contribution in [3.05, 3.63) is 70.3 Å². The maximum Gasteiger partial charge on any atom is 0.0725 e. The monoisotopic (exact) mass is 282 g/mol. The lowest BCUT2D eigenvalue weighted by molar-refractivity contribution is 0.134. The summed E-state index contributed by atoms with van der Waals surface area (Å²) in [4.78, 5) is 0. The lowest BCUT2D eigenvalue weighted by Crippen LogP contribution is -2.28. The van der Waals surface area contributed by atoms with Crippen molar-refractivity contribution in [3.8, 4) is 0 Å². The van der Waals surface area contributed by atoms with Gasteiger partial charge in [-0.15, -0.1) is 0 Å². The van der Waals surface area contributed by atoms with Gasteiger partial charge in [0.1, 0.15) is 0 Å². The Morgan fingerprint density at radius 1 is 0.905 bits per heavy atom. The molecule has 1 aliphatic rings. The van der Waals surface area contributed by atoms with Gasteiger partial charge in [0.15, 0.2) is 0 Å². The molecule has 0 aliphatic carbocycles. The van der Waals surface area contributed by atoms with Crippen LogP contribution in [0.1, 0.15) is 53.6 Å². The fraction of sp³-hybridized carbons (Fsp3) is 0.333. The van der Waals surface area contributed by atoms with Crippen molar-refractivity contribution in [1.82, 2.24) is 5.43 Å². The molecule has 3 nitrogen and oxygen atoms in total. The van der Waals surface area contributed by atoms with Crippen LogP contribution in [0.15, 0.2) is 42.5 Å². The Bertz CT molecular complexity index is 620. The van der Waals surface area contributed by atoms with Crippen molar-refractivity contribution < 1.29 is 4.74 Å². The van der Waals surface area contributed by atoms with Gasteiger partial charge in [-0.25, -0.2) is 5.43 Å². The van der Waals surface area contributed by atoms with E-state index in [2.05, 4.69) is 61.7 Å². The third-order valence-corrected chi connectivity index (χ3v) is 4.18. The van der Waals surface area contributed by atoms with Gasteiger partial charge in [-0.1, -0.05) is 56.3 Å². The summed E-state index contributed by atoms with van der Waals surface area (Å²) in [7, 11) is 0. The quantitative estimate of drug-likeness (QED) is 0.667. The Morgan fingerprint density at radius 2 is 1.52 bits per heavy atom. The Labute approximate surface area is 126 Å². The van der Waals surface area contributed by atoms with E-state index in [1.165, 1.54) is 27.8 Å². The fourth-order valence-corrected chi connectivity index (χ4v) is 2.83. The first-order valence-electron chi connectivity index (χ1n) is 7.44. The third kappa shape index (κ3) is 2.86. The van der Waals surface area contributed by atoms with Crippen LogP contribution in [0.25, 0.3) is 0 Å². The minimum Gasteiger partial charge on any atom is -0.372 e. The molecule has 0 spiro atoms. The molecule has 3 heteroatoms. The largest absolute Gasteiger partial charge is 0.372 e. The van der Waals surface area contributed by atoms with Crippen LogP contribution in [0.5, 0.6) is 0 Å². The number of hydrazine groups is 1. The average molecular weight is 282 g/mol. The maximum absolute atomic E-state index is 5.80. The van der Waals surface area contributed by atoms with E-state index >= 15 is 0 Å². The molecule has 0 fully saturated rings. The molecule has 3 N–H and O–H groups in total. The lowest BCUT2D eigenvalue weighted by Gasteiger charge is -2.18. The van der Waals surface area contributed by atoms with Crippen molar-refractivity contribution in [2.45, 2.75) is 39.0 Å². The fourth-order valence-electron chi connectivity index (χ4n) is 2.83. The van der Waals surface area contributed by atoms with E-state index in [1.54, 1.807) is 0 Å². The van der Waals surface area contributed by atoms with E-state index in [4.69, 9.17) is 10.6 Å². The summed E-state index contributed by atoms with van der Waals surface area (Å²) in [6, 6.07) is 15.2. The standard InChI is InChI=1S/C18H22N2O/c1-12(2)13-3-5-14(6-4-13)18(20-19)15-7-8-16-10-21-11-17(16)9-15/h3-9,12,18,20H,10-11,19H2,1-2H3. The topological polar surface area (TPSA) is 47.3 Å². The molecule has 1 aliphatic heterocycles. The highest BCUT2D eigenvalue weighted by Gasteiger charge is 2.17. The van der Waals surface area contributed by atoms with Gasteiger partial charge in [0.25, 0.3) is 0 Å². The molecule has 1 unspecified atom stereocenters. The molecule has 0 aromatic heterocycles. The molecule has 0 saturated carbocycles. The molecule has 2 aromatic carbocycles. The zero-order valence-electron chi connectivity index (χ0n) is 12.6. The third-order valence-electron chi connectivity index (χ3n) is 4.18. The minimum atomic E-state index is 0.0112. The molecule has 0 radical (unpaired) electrons. The van der Waals surface area contributed by atoms with E-state index in [0.29, 0.717) is 12.5 Å². The Morgan fingerprint density at radius 3 is 2.19 bits per heavy atom. The number of ether oxygens (including phenoxy) is 1. The number of hydrogen-bond donors (Lipinski definition) is 2. The van der Waals surface area contributed by atoms with Crippen molar-refractivity contribution >= 4 is 0 Å². The van der Waals surface area contributed by atoms with E-state index < -0.39 is 0 Å². The van der Waals surface area contributed by atoms with Crippen LogP contribution in [-0.4, -0.2) is 0 Å². The zero-order chi connectivity index (χ0) is 14.8. The van der Waals surface area contributed by atoms with Crippen molar-refractivity contribution in [1.29, 1.82) is 0 Å². The normalized spacial score (nSPS) is 15.2. The molecular weight excluding hydrogens is 260 g/mol. The second-order valence-corrected chi connectivity index (χ2v) is 5.94. The second-order valence-electron chi connectivity index (χ2n) is 5.94. The van der Waals surface area contributed by atoms with Gasteiger partial charge in [-0.05, 0) is 33.7 Å². The minimum absolute atomic E-state index is 0.0112. The van der Waals surface area contributed by atoms with Gasteiger partial charge in [0, 0.05) is 0 Å². The molecule has 21 heavy (non-hydrogen) atoms. The average Bonchev–Trinajstić information content (AvgIpc) is 2.96. The van der Waals surface area contributed by atoms with Gasteiger partial charge in [-0.3, -0.25) is 5.84 Å². The highest BCUT2D eigenvalue weighted by molar-refractivity contribution is 5.39. The van der Waals surface area contributed by atoms with Crippen LogP contribution >= 0.6 is 0 Å². The van der Waals surface area contributed by atoms with Crippen molar-refractivity contribution in [3.63, 3.8) is 0 Å². The summed E-state index contributed by atoms with van der Waals surface area (Å²) in [5, 5.41) is 0. The summed E-state index contributed by atoms with van der Waals surface area (Å²) >= 11 is 0. The van der Waals surface area contributed by atoms with Gasteiger partial charge >= 0.3 is 0 Å². The number of nitrogens with one attached hydrogen (secondary N) is 1. The molecule has 3 rings (SSSR count). The number of rotatable bonds is 4. The Hall–Kier alpha value is -1.68. The summed E-state index contributed by atoms with van der Waals surface area (Å²) in [5.41, 5.74) is 9.19. The molecule has 0 saturated heterocycles. The van der Waals surface area contributed by atoms with Gasteiger partial charge in [0.05, 0.1) is 19.3 Å². The Balaban J connectivity index is 1.90. The maximum atomic E-state index is 5.80. The number of hydrogen-bond acceptors (Lipinski definition) is 3. The first kappa shape index (κ1) is 14.3. The van der Waals surface area contributed by atoms with Crippen LogP contribution < -0.4 is 11.3 Å². The highest BCUT2D eigenvalue weighted by atomic mass is 16.5. The molecule has 0 amide bonds. The van der Waals surface area contributed by atoms with Gasteiger partial charge in [-0.2, -0.15) is 0 Å². The number of benzene rings is 2.